The van der Waals surface area contributed by atoms with Crippen LogP contribution in [0, 0.1) is 6.92 Å². The standard InChI is InChI=1S/C21H18F3NO4/c1-3-27-20(26)17-11(2)28-15-7-5-13(10-14(15)17)29-16-6-4-12-8-9-25-19(18(12)16)21(22,23)24/h5,7-10,16H,3-4,6H2,1-2H3. The Morgan fingerprint density at radius 2 is 2.10 bits per heavy atom. The number of carbonyl (C=O) groups is 1. The number of aromatic nitrogens is 1. The van der Waals surface area contributed by atoms with Crippen molar-refractivity contribution in [3.05, 3.63) is 58.6 Å². The number of furan rings is 1. The third kappa shape index (κ3) is 3.43. The molecular weight excluding hydrogens is 387 g/mol. The van der Waals surface area contributed by atoms with E-state index in [0.29, 0.717) is 40.9 Å². The number of ether oxygens (including phenoxy) is 2. The minimum Gasteiger partial charge on any atom is -0.486 e. The minimum absolute atomic E-state index is 0.0779. The summed E-state index contributed by atoms with van der Waals surface area (Å²) in [7, 11) is 0. The van der Waals surface area contributed by atoms with Crippen LogP contribution >= 0.6 is 0 Å². The van der Waals surface area contributed by atoms with Crippen LogP contribution in [0.4, 0.5) is 13.2 Å². The molecule has 0 saturated carbocycles. The molecule has 152 valence electrons. The first-order valence-electron chi connectivity index (χ1n) is 9.21. The summed E-state index contributed by atoms with van der Waals surface area (Å²) in [5.74, 6) is 0.236. The van der Waals surface area contributed by atoms with Crippen LogP contribution in [0.5, 0.6) is 5.75 Å². The highest BCUT2D eigenvalue weighted by Crippen LogP contribution is 2.42. The summed E-state index contributed by atoms with van der Waals surface area (Å²) in [5.41, 5.74) is 0.517. The van der Waals surface area contributed by atoms with E-state index in [1.165, 1.54) is 6.20 Å². The number of rotatable bonds is 4. The van der Waals surface area contributed by atoms with Crippen molar-refractivity contribution in [2.75, 3.05) is 6.61 Å². The molecule has 5 nitrogen and oxygen atoms in total. The Bertz CT molecular complexity index is 1090. The van der Waals surface area contributed by atoms with Crippen LogP contribution in [-0.4, -0.2) is 17.6 Å². The Labute approximate surface area is 164 Å². The average molecular weight is 405 g/mol. The molecule has 2 heterocycles. The van der Waals surface area contributed by atoms with Crippen molar-refractivity contribution >= 4 is 16.9 Å². The SMILES string of the molecule is CCOC(=O)c1c(C)oc2ccc(OC3CCc4ccnc(C(F)(F)F)c43)cc12. The molecule has 0 bridgehead atoms. The van der Waals surface area contributed by atoms with E-state index in [4.69, 9.17) is 13.9 Å². The van der Waals surface area contributed by atoms with Crippen LogP contribution in [0.1, 0.15) is 52.4 Å². The first-order chi connectivity index (χ1) is 13.8. The van der Waals surface area contributed by atoms with E-state index in [-0.39, 0.29) is 17.7 Å². The molecule has 2 aromatic heterocycles. The zero-order chi connectivity index (χ0) is 20.8. The van der Waals surface area contributed by atoms with E-state index in [1.807, 2.05) is 0 Å². The van der Waals surface area contributed by atoms with Crippen molar-refractivity contribution < 1.29 is 31.9 Å². The average Bonchev–Trinajstić information content (AvgIpc) is 3.21. The molecule has 0 spiro atoms. The van der Waals surface area contributed by atoms with Gasteiger partial charge in [0.05, 0.1) is 6.61 Å². The molecular formula is C21H18F3NO4. The number of fused-ring (bicyclic) bond motifs is 2. The number of hydrogen-bond acceptors (Lipinski definition) is 5. The van der Waals surface area contributed by atoms with E-state index in [2.05, 4.69) is 4.98 Å². The molecule has 3 aromatic rings. The molecule has 0 fully saturated rings. The second-order valence-electron chi connectivity index (χ2n) is 6.79. The normalized spacial score (nSPS) is 16.1. The number of esters is 1. The first kappa shape index (κ1) is 19.3. The van der Waals surface area contributed by atoms with Gasteiger partial charge in [0.15, 0.2) is 5.69 Å². The molecule has 1 aliphatic carbocycles. The second kappa shape index (κ2) is 7.09. The number of alkyl halides is 3. The van der Waals surface area contributed by atoms with Crippen LogP contribution in [0.15, 0.2) is 34.9 Å². The van der Waals surface area contributed by atoms with Crippen LogP contribution in [0.2, 0.25) is 0 Å². The molecule has 0 radical (unpaired) electrons. The lowest BCUT2D eigenvalue weighted by Gasteiger charge is -2.18. The quantitative estimate of drug-likeness (QED) is 0.544. The Morgan fingerprint density at radius 1 is 1.31 bits per heavy atom. The van der Waals surface area contributed by atoms with Gasteiger partial charge in [0.2, 0.25) is 0 Å². The molecule has 1 aromatic carbocycles. The predicted molar refractivity (Wildman–Crippen MR) is 97.8 cm³/mol. The molecule has 1 unspecified atom stereocenters. The van der Waals surface area contributed by atoms with Crippen molar-refractivity contribution in [2.24, 2.45) is 0 Å². The number of hydrogen-bond donors (Lipinski definition) is 0. The van der Waals surface area contributed by atoms with Gasteiger partial charge in [0.25, 0.3) is 0 Å². The van der Waals surface area contributed by atoms with Gasteiger partial charge in [0, 0.05) is 17.1 Å². The van der Waals surface area contributed by atoms with Gasteiger partial charge in [-0.15, -0.1) is 0 Å². The molecule has 1 aliphatic rings. The number of benzene rings is 1. The summed E-state index contributed by atoms with van der Waals surface area (Å²) in [5, 5.41) is 0.499. The number of pyridine rings is 1. The fourth-order valence-electron chi connectivity index (χ4n) is 3.76. The Morgan fingerprint density at radius 3 is 2.83 bits per heavy atom. The van der Waals surface area contributed by atoms with Crippen LogP contribution in [-0.2, 0) is 17.3 Å². The summed E-state index contributed by atoms with van der Waals surface area (Å²) >= 11 is 0. The van der Waals surface area contributed by atoms with E-state index in [1.54, 1.807) is 38.1 Å². The van der Waals surface area contributed by atoms with E-state index < -0.39 is 23.9 Å². The van der Waals surface area contributed by atoms with Gasteiger partial charge in [-0.25, -0.2) is 4.79 Å². The van der Waals surface area contributed by atoms with Crippen molar-refractivity contribution in [1.82, 2.24) is 4.98 Å². The van der Waals surface area contributed by atoms with Gasteiger partial charge in [-0.1, -0.05) is 0 Å². The highest BCUT2D eigenvalue weighted by atomic mass is 19.4. The molecule has 8 heteroatoms. The molecule has 1 atom stereocenters. The third-order valence-corrected chi connectivity index (χ3v) is 4.94. The maximum Gasteiger partial charge on any atom is 0.433 e. The van der Waals surface area contributed by atoms with Crippen molar-refractivity contribution in [3.8, 4) is 5.75 Å². The van der Waals surface area contributed by atoms with Gasteiger partial charge < -0.3 is 13.9 Å². The Hall–Kier alpha value is -3.03. The Balaban J connectivity index is 1.71. The number of aryl methyl sites for hydroxylation is 2. The lowest BCUT2D eigenvalue weighted by atomic mass is 10.1. The summed E-state index contributed by atoms with van der Waals surface area (Å²) in [6, 6.07) is 6.43. The zero-order valence-corrected chi connectivity index (χ0v) is 15.8. The molecule has 0 N–H and O–H groups in total. The van der Waals surface area contributed by atoms with Crippen molar-refractivity contribution in [2.45, 2.75) is 39.0 Å². The molecule has 4 rings (SSSR count). The molecule has 29 heavy (non-hydrogen) atoms. The third-order valence-electron chi connectivity index (χ3n) is 4.94. The number of halogens is 3. The topological polar surface area (TPSA) is 61.6 Å². The van der Waals surface area contributed by atoms with Gasteiger partial charge >= 0.3 is 12.1 Å². The number of nitrogens with zero attached hydrogens (tertiary/aromatic N) is 1. The second-order valence-corrected chi connectivity index (χ2v) is 6.79. The van der Waals surface area contributed by atoms with Crippen LogP contribution < -0.4 is 4.74 Å². The van der Waals surface area contributed by atoms with E-state index >= 15 is 0 Å². The van der Waals surface area contributed by atoms with Crippen LogP contribution in [0.3, 0.4) is 0 Å². The van der Waals surface area contributed by atoms with Gasteiger partial charge in [-0.3, -0.25) is 4.98 Å². The summed E-state index contributed by atoms with van der Waals surface area (Å²) in [4.78, 5) is 15.8. The maximum atomic E-state index is 13.4. The largest absolute Gasteiger partial charge is 0.486 e. The monoisotopic (exact) mass is 405 g/mol. The van der Waals surface area contributed by atoms with E-state index in [0.717, 1.165) is 0 Å². The number of carbonyl (C=O) groups excluding carboxylic acids is 1. The lowest BCUT2D eigenvalue weighted by Crippen LogP contribution is -2.15. The van der Waals surface area contributed by atoms with Crippen molar-refractivity contribution in [3.63, 3.8) is 0 Å². The van der Waals surface area contributed by atoms with Gasteiger partial charge in [-0.05, 0) is 56.5 Å². The summed E-state index contributed by atoms with van der Waals surface area (Å²) in [6.45, 7) is 3.57. The molecule has 0 amide bonds. The van der Waals surface area contributed by atoms with Crippen molar-refractivity contribution in [1.29, 1.82) is 0 Å². The predicted octanol–water partition coefficient (Wildman–Crippen LogP) is 5.40. The minimum atomic E-state index is -4.56. The molecule has 0 saturated heterocycles. The highest BCUT2D eigenvalue weighted by Gasteiger charge is 2.41. The van der Waals surface area contributed by atoms with Gasteiger partial charge in [-0.2, -0.15) is 13.2 Å². The maximum absolute atomic E-state index is 13.4. The van der Waals surface area contributed by atoms with E-state index in [9.17, 15) is 18.0 Å². The molecule has 0 aliphatic heterocycles. The fraction of sp³-hybridized carbons (Fsp3) is 0.333. The Kier molecular flexibility index (Phi) is 4.72. The zero-order valence-electron chi connectivity index (χ0n) is 15.8. The summed E-state index contributed by atoms with van der Waals surface area (Å²) in [6.07, 6.45) is -3.26. The highest BCUT2D eigenvalue weighted by molar-refractivity contribution is 6.04. The smallest absolute Gasteiger partial charge is 0.433 e. The van der Waals surface area contributed by atoms with Crippen LogP contribution in [0.25, 0.3) is 11.0 Å². The lowest BCUT2D eigenvalue weighted by molar-refractivity contribution is -0.142. The van der Waals surface area contributed by atoms with Gasteiger partial charge in [0.1, 0.15) is 28.8 Å². The first-order valence-corrected chi connectivity index (χ1v) is 9.21. The fourth-order valence-corrected chi connectivity index (χ4v) is 3.76. The summed E-state index contributed by atoms with van der Waals surface area (Å²) < 4.78 is 56.8.